The maximum absolute atomic E-state index is 12.4. The summed E-state index contributed by atoms with van der Waals surface area (Å²) in [6, 6.07) is 3.65. The Hall–Kier alpha value is -1.13. The van der Waals surface area contributed by atoms with Gasteiger partial charge >= 0.3 is 12.1 Å². The van der Waals surface area contributed by atoms with Gasteiger partial charge in [-0.15, -0.1) is 0 Å². The highest BCUT2D eigenvalue weighted by molar-refractivity contribution is 9.10. The molecule has 1 rings (SSSR count). The van der Waals surface area contributed by atoms with Gasteiger partial charge in [-0.05, 0) is 30.7 Å². The van der Waals surface area contributed by atoms with E-state index in [1.54, 1.807) is 6.92 Å². The van der Waals surface area contributed by atoms with E-state index in [2.05, 4.69) is 15.9 Å². The second kappa shape index (κ2) is 6.32. The first-order valence-electron chi connectivity index (χ1n) is 5.48. The molecule has 0 spiro atoms. The Kier molecular flexibility index (Phi) is 5.40. The van der Waals surface area contributed by atoms with Crippen molar-refractivity contribution in [2.45, 2.75) is 18.0 Å². The molecular formula is C11H11BrF3NO4S. The molecule has 21 heavy (non-hydrogen) atoms. The summed E-state index contributed by atoms with van der Waals surface area (Å²) < 4.78 is 62.1. The Labute approximate surface area is 127 Å². The van der Waals surface area contributed by atoms with Gasteiger partial charge in [-0.1, -0.05) is 15.9 Å². The van der Waals surface area contributed by atoms with E-state index in [1.165, 1.54) is 12.1 Å². The van der Waals surface area contributed by atoms with Crippen molar-refractivity contribution in [1.82, 2.24) is 4.31 Å². The van der Waals surface area contributed by atoms with Crippen LogP contribution in [0, 0.1) is 6.92 Å². The van der Waals surface area contributed by atoms with Gasteiger partial charge in [0.25, 0.3) is 0 Å². The molecular weight excluding hydrogens is 379 g/mol. The van der Waals surface area contributed by atoms with E-state index < -0.39 is 40.2 Å². The molecule has 0 saturated carbocycles. The lowest BCUT2D eigenvalue weighted by Gasteiger charge is -2.22. The van der Waals surface area contributed by atoms with Crippen molar-refractivity contribution >= 4 is 31.9 Å². The summed E-state index contributed by atoms with van der Waals surface area (Å²) in [6.45, 7) is -1.57. The lowest BCUT2D eigenvalue weighted by atomic mass is 10.2. The molecule has 0 atom stereocenters. The van der Waals surface area contributed by atoms with Gasteiger partial charge in [0, 0.05) is 4.47 Å². The predicted octanol–water partition coefficient (Wildman–Crippen LogP) is 2.40. The number of rotatable bonds is 5. The molecule has 0 fully saturated rings. The summed E-state index contributed by atoms with van der Waals surface area (Å²) in [5.74, 6) is -1.67. The minimum atomic E-state index is -4.84. The average molecular weight is 390 g/mol. The van der Waals surface area contributed by atoms with Crippen molar-refractivity contribution in [2.75, 3.05) is 13.1 Å². The summed E-state index contributed by atoms with van der Waals surface area (Å²) in [5.41, 5.74) is 0.498. The smallest absolute Gasteiger partial charge is 0.402 e. The second-order valence-corrected chi connectivity index (χ2v) is 6.99. The minimum absolute atomic E-state index is 0.113. The Bertz CT molecular complexity index is 645. The lowest BCUT2D eigenvalue weighted by Crippen LogP contribution is -2.41. The fourth-order valence-electron chi connectivity index (χ4n) is 1.50. The summed E-state index contributed by atoms with van der Waals surface area (Å²) in [7, 11) is -4.56. The van der Waals surface area contributed by atoms with E-state index in [0.29, 0.717) is 10.0 Å². The van der Waals surface area contributed by atoms with Gasteiger partial charge in [-0.2, -0.15) is 17.5 Å². The van der Waals surface area contributed by atoms with Gasteiger partial charge < -0.3 is 5.11 Å². The number of benzene rings is 1. The summed E-state index contributed by atoms with van der Waals surface area (Å²) in [6.07, 6.45) is -4.84. The fraction of sp³-hybridized carbons (Fsp3) is 0.364. The van der Waals surface area contributed by atoms with Crippen molar-refractivity contribution in [3.8, 4) is 0 Å². The molecule has 10 heteroatoms. The number of hydrogen-bond acceptors (Lipinski definition) is 3. The number of carboxylic acid groups (broad SMARTS) is 1. The van der Waals surface area contributed by atoms with Crippen LogP contribution in [-0.2, 0) is 14.8 Å². The van der Waals surface area contributed by atoms with Crippen LogP contribution >= 0.6 is 15.9 Å². The molecule has 0 radical (unpaired) electrons. The highest BCUT2D eigenvalue weighted by Gasteiger charge is 2.38. The van der Waals surface area contributed by atoms with Crippen LogP contribution in [0.5, 0.6) is 0 Å². The van der Waals surface area contributed by atoms with Crippen molar-refractivity contribution in [2.24, 2.45) is 0 Å². The lowest BCUT2D eigenvalue weighted by molar-refractivity contribution is -0.146. The molecule has 0 bridgehead atoms. The van der Waals surface area contributed by atoms with Crippen molar-refractivity contribution < 1.29 is 31.5 Å². The molecule has 0 aliphatic rings. The standard InChI is InChI=1S/C11H11BrF3NO4S/c1-7-4-8(2-3-9(7)12)21(19,20)16(5-10(17)18)6-11(13,14)15/h2-4H,5-6H2,1H3,(H,17,18). The molecule has 1 aromatic carbocycles. The molecule has 0 heterocycles. The maximum Gasteiger partial charge on any atom is 0.402 e. The zero-order valence-corrected chi connectivity index (χ0v) is 13.1. The van der Waals surface area contributed by atoms with E-state index in [-0.39, 0.29) is 4.31 Å². The topological polar surface area (TPSA) is 74.7 Å². The molecule has 0 amide bonds. The number of carboxylic acids is 1. The third-order valence-corrected chi connectivity index (χ3v) is 5.11. The number of nitrogens with zero attached hydrogens (tertiary/aromatic N) is 1. The number of aryl methyl sites for hydroxylation is 1. The first kappa shape index (κ1) is 17.9. The fourth-order valence-corrected chi connectivity index (χ4v) is 3.21. The molecule has 5 nitrogen and oxygen atoms in total. The first-order chi connectivity index (χ1) is 9.43. The molecule has 0 aromatic heterocycles. The predicted molar refractivity (Wildman–Crippen MR) is 71.3 cm³/mol. The van der Waals surface area contributed by atoms with Crippen molar-refractivity contribution in [3.63, 3.8) is 0 Å². The number of sulfonamides is 1. The molecule has 0 aliphatic carbocycles. The SMILES string of the molecule is Cc1cc(S(=O)(=O)N(CC(=O)O)CC(F)(F)F)ccc1Br. The van der Waals surface area contributed by atoms with Gasteiger partial charge in [-0.3, -0.25) is 4.79 Å². The van der Waals surface area contributed by atoms with Crippen LogP contribution < -0.4 is 0 Å². The van der Waals surface area contributed by atoms with Crippen LogP contribution in [0.2, 0.25) is 0 Å². The number of carbonyl (C=O) groups is 1. The summed E-state index contributed by atoms with van der Waals surface area (Å²) >= 11 is 3.14. The van der Waals surface area contributed by atoms with Crippen molar-refractivity contribution in [1.29, 1.82) is 0 Å². The van der Waals surface area contributed by atoms with Crippen LogP contribution in [0.3, 0.4) is 0 Å². The third kappa shape index (κ3) is 4.97. The molecule has 0 unspecified atom stereocenters. The zero-order chi connectivity index (χ0) is 16.4. The molecule has 1 aromatic rings. The van der Waals surface area contributed by atoms with Gasteiger partial charge in [0.15, 0.2) is 0 Å². The number of hydrogen-bond donors (Lipinski definition) is 1. The van der Waals surface area contributed by atoms with Crippen LogP contribution in [0.15, 0.2) is 27.6 Å². The highest BCUT2D eigenvalue weighted by atomic mass is 79.9. The van der Waals surface area contributed by atoms with Gasteiger partial charge in [-0.25, -0.2) is 8.42 Å². The zero-order valence-electron chi connectivity index (χ0n) is 10.7. The Balaban J connectivity index is 3.25. The summed E-state index contributed by atoms with van der Waals surface area (Å²) in [4.78, 5) is 10.2. The van der Waals surface area contributed by atoms with Crippen LogP contribution in [0.25, 0.3) is 0 Å². The Morgan fingerprint density at radius 2 is 1.95 bits per heavy atom. The maximum atomic E-state index is 12.4. The third-order valence-electron chi connectivity index (χ3n) is 2.43. The number of aliphatic carboxylic acids is 1. The summed E-state index contributed by atoms with van der Waals surface area (Å²) in [5, 5.41) is 8.61. The monoisotopic (exact) mass is 389 g/mol. The van der Waals surface area contributed by atoms with E-state index in [4.69, 9.17) is 5.11 Å². The molecule has 118 valence electrons. The second-order valence-electron chi connectivity index (χ2n) is 4.19. The molecule has 0 aliphatic heterocycles. The Morgan fingerprint density at radius 1 is 1.38 bits per heavy atom. The quantitative estimate of drug-likeness (QED) is 0.838. The molecule has 1 N–H and O–H groups in total. The van der Waals surface area contributed by atoms with Gasteiger partial charge in [0.2, 0.25) is 10.0 Å². The number of alkyl halides is 3. The largest absolute Gasteiger partial charge is 0.480 e. The van der Waals surface area contributed by atoms with E-state index in [0.717, 1.165) is 6.07 Å². The van der Waals surface area contributed by atoms with Gasteiger partial charge in [0.1, 0.15) is 13.1 Å². The van der Waals surface area contributed by atoms with Crippen LogP contribution in [-0.4, -0.2) is 43.1 Å². The minimum Gasteiger partial charge on any atom is -0.480 e. The first-order valence-corrected chi connectivity index (χ1v) is 7.71. The van der Waals surface area contributed by atoms with E-state index in [1.807, 2.05) is 0 Å². The highest BCUT2D eigenvalue weighted by Crippen LogP contribution is 2.25. The molecule has 0 saturated heterocycles. The van der Waals surface area contributed by atoms with E-state index >= 15 is 0 Å². The van der Waals surface area contributed by atoms with Gasteiger partial charge in [0.05, 0.1) is 4.90 Å². The van der Waals surface area contributed by atoms with Crippen LogP contribution in [0.4, 0.5) is 13.2 Å². The number of halogens is 4. The van der Waals surface area contributed by atoms with E-state index in [9.17, 15) is 26.4 Å². The normalized spacial score (nSPS) is 12.7. The van der Waals surface area contributed by atoms with Crippen LogP contribution in [0.1, 0.15) is 5.56 Å². The average Bonchev–Trinajstić information content (AvgIpc) is 2.29. The van der Waals surface area contributed by atoms with Crippen molar-refractivity contribution in [3.05, 3.63) is 28.2 Å². The Morgan fingerprint density at radius 3 is 2.38 bits per heavy atom.